The molecule has 0 spiro atoms. The molecule has 5 heteroatoms. The Hall–Kier alpha value is -1.26. The van der Waals surface area contributed by atoms with E-state index in [4.69, 9.17) is 9.47 Å². The molecule has 2 fully saturated rings. The fraction of sp³-hybridized carbons (Fsp3) is 0.857. The first-order chi connectivity index (χ1) is 8.78. The zero-order valence-corrected chi connectivity index (χ0v) is 12.2. The molecular weight excluding hydrogens is 246 g/mol. The minimum absolute atomic E-state index is 0.159. The van der Waals surface area contributed by atoms with Gasteiger partial charge in [-0.3, -0.25) is 4.79 Å². The highest BCUT2D eigenvalue weighted by Crippen LogP contribution is 2.58. The maximum absolute atomic E-state index is 12.1. The molecule has 1 amide bonds. The van der Waals surface area contributed by atoms with Crippen molar-refractivity contribution in [2.24, 2.45) is 11.3 Å². The van der Waals surface area contributed by atoms with Crippen LogP contribution in [0.2, 0.25) is 0 Å². The Labute approximate surface area is 114 Å². The van der Waals surface area contributed by atoms with Crippen molar-refractivity contribution < 1.29 is 19.1 Å². The molecule has 1 saturated heterocycles. The fourth-order valence-electron chi connectivity index (χ4n) is 2.76. The average molecular weight is 269 g/mol. The van der Waals surface area contributed by atoms with Gasteiger partial charge in [0, 0.05) is 13.1 Å². The molecule has 2 rings (SSSR count). The van der Waals surface area contributed by atoms with E-state index in [-0.39, 0.29) is 12.1 Å². The number of rotatable bonds is 2. The lowest BCUT2D eigenvalue weighted by atomic mass is 9.97. The molecule has 108 valence electrons. The van der Waals surface area contributed by atoms with E-state index in [2.05, 4.69) is 0 Å². The zero-order valence-electron chi connectivity index (χ0n) is 12.2. The summed E-state index contributed by atoms with van der Waals surface area (Å²) in [6, 6.07) is 0. The van der Waals surface area contributed by atoms with Crippen molar-refractivity contribution in [3.63, 3.8) is 0 Å². The lowest BCUT2D eigenvalue weighted by Crippen LogP contribution is -2.46. The van der Waals surface area contributed by atoms with E-state index < -0.39 is 11.0 Å². The molecule has 0 radical (unpaired) electrons. The van der Waals surface area contributed by atoms with Gasteiger partial charge in [-0.15, -0.1) is 0 Å². The van der Waals surface area contributed by atoms with Crippen LogP contribution in [0.3, 0.4) is 0 Å². The summed E-state index contributed by atoms with van der Waals surface area (Å²) in [5.74, 6) is 0.221. The minimum atomic E-state index is -0.505. The molecule has 2 aliphatic rings. The predicted octanol–water partition coefficient (Wildman–Crippen LogP) is 2.20. The van der Waals surface area contributed by atoms with Crippen LogP contribution in [0.1, 0.15) is 40.5 Å². The number of carbonyl (C=O) groups excluding carboxylic acids is 2. The third-order valence-electron chi connectivity index (χ3n) is 3.79. The molecule has 0 bridgehead atoms. The van der Waals surface area contributed by atoms with Crippen LogP contribution in [-0.2, 0) is 14.3 Å². The van der Waals surface area contributed by atoms with E-state index >= 15 is 0 Å². The molecule has 1 aliphatic heterocycles. The summed E-state index contributed by atoms with van der Waals surface area (Å²) in [5, 5.41) is 0. The highest BCUT2D eigenvalue weighted by molar-refractivity contribution is 5.82. The van der Waals surface area contributed by atoms with E-state index in [1.54, 1.807) is 11.8 Å². The number of fused-ring (bicyclic) bond motifs is 1. The van der Waals surface area contributed by atoms with Gasteiger partial charge in [0.25, 0.3) is 0 Å². The molecule has 19 heavy (non-hydrogen) atoms. The van der Waals surface area contributed by atoms with Crippen molar-refractivity contribution in [1.29, 1.82) is 0 Å². The quantitative estimate of drug-likeness (QED) is 0.721. The van der Waals surface area contributed by atoms with Crippen LogP contribution in [0.5, 0.6) is 0 Å². The SMILES string of the molecule is CCOC(=O)[C@@]12C[C@H]1CCN(C(=O)OC(C)(C)C)C2. The number of nitrogens with zero attached hydrogens (tertiary/aromatic N) is 1. The summed E-state index contributed by atoms with van der Waals surface area (Å²) < 4.78 is 10.5. The highest BCUT2D eigenvalue weighted by atomic mass is 16.6. The Bertz CT molecular complexity index is 387. The van der Waals surface area contributed by atoms with E-state index in [1.807, 2.05) is 20.8 Å². The normalized spacial score (nSPS) is 29.5. The second-order valence-corrected chi connectivity index (χ2v) is 6.47. The van der Waals surface area contributed by atoms with E-state index in [1.165, 1.54) is 0 Å². The summed E-state index contributed by atoms with van der Waals surface area (Å²) in [6.07, 6.45) is 1.37. The standard InChI is InChI=1S/C14H23NO4/c1-5-18-11(16)14-8-10(14)6-7-15(9-14)12(17)19-13(2,3)4/h10H,5-9H2,1-4H3/t10-,14-/m1/s1. The first-order valence-electron chi connectivity index (χ1n) is 6.93. The molecule has 1 heterocycles. The van der Waals surface area contributed by atoms with Crippen molar-refractivity contribution in [1.82, 2.24) is 4.90 Å². The number of hydrogen-bond acceptors (Lipinski definition) is 4. The van der Waals surface area contributed by atoms with Gasteiger partial charge < -0.3 is 14.4 Å². The van der Waals surface area contributed by atoms with Crippen LogP contribution in [0, 0.1) is 11.3 Å². The Morgan fingerprint density at radius 2 is 2.05 bits per heavy atom. The zero-order chi connectivity index (χ0) is 14.3. The summed E-state index contributed by atoms with van der Waals surface area (Å²) >= 11 is 0. The molecule has 1 aliphatic carbocycles. The van der Waals surface area contributed by atoms with Crippen LogP contribution in [-0.4, -0.2) is 42.3 Å². The molecule has 0 aromatic carbocycles. The van der Waals surface area contributed by atoms with Crippen LogP contribution in [0.4, 0.5) is 4.79 Å². The van der Waals surface area contributed by atoms with E-state index in [9.17, 15) is 9.59 Å². The number of amides is 1. The number of esters is 1. The van der Waals surface area contributed by atoms with Crippen LogP contribution in [0.25, 0.3) is 0 Å². The third kappa shape index (κ3) is 2.85. The van der Waals surface area contributed by atoms with Crippen molar-refractivity contribution >= 4 is 12.1 Å². The maximum atomic E-state index is 12.1. The van der Waals surface area contributed by atoms with Gasteiger partial charge in [0.15, 0.2) is 0 Å². The summed E-state index contributed by atoms with van der Waals surface area (Å²) in [6.45, 7) is 8.83. The minimum Gasteiger partial charge on any atom is -0.466 e. The second-order valence-electron chi connectivity index (χ2n) is 6.47. The molecule has 0 aromatic rings. The van der Waals surface area contributed by atoms with Gasteiger partial charge in [0.2, 0.25) is 0 Å². The molecule has 0 unspecified atom stereocenters. The smallest absolute Gasteiger partial charge is 0.410 e. The number of piperidine rings is 1. The molecule has 0 N–H and O–H groups in total. The molecular formula is C14H23NO4. The molecule has 1 saturated carbocycles. The summed E-state index contributed by atoms with van der Waals surface area (Å²) in [4.78, 5) is 25.7. The Morgan fingerprint density at radius 3 is 2.63 bits per heavy atom. The highest BCUT2D eigenvalue weighted by Gasteiger charge is 2.64. The molecule has 5 nitrogen and oxygen atoms in total. The van der Waals surface area contributed by atoms with E-state index in [0.29, 0.717) is 25.6 Å². The van der Waals surface area contributed by atoms with Crippen LogP contribution in [0.15, 0.2) is 0 Å². The number of hydrogen-bond donors (Lipinski definition) is 0. The van der Waals surface area contributed by atoms with E-state index in [0.717, 1.165) is 12.8 Å². The van der Waals surface area contributed by atoms with Gasteiger partial charge in [-0.25, -0.2) is 4.79 Å². The lowest BCUT2D eigenvalue weighted by molar-refractivity contribution is -0.151. The van der Waals surface area contributed by atoms with Crippen molar-refractivity contribution in [3.8, 4) is 0 Å². The largest absolute Gasteiger partial charge is 0.466 e. The van der Waals surface area contributed by atoms with Crippen molar-refractivity contribution in [3.05, 3.63) is 0 Å². The number of likely N-dealkylation sites (tertiary alicyclic amines) is 1. The summed E-state index contributed by atoms with van der Waals surface area (Å²) in [7, 11) is 0. The first kappa shape index (κ1) is 14.2. The van der Waals surface area contributed by atoms with Gasteiger partial charge in [0.05, 0.1) is 12.0 Å². The molecule has 2 atom stereocenters. The average Bonchev–Trinajstić information content (AvgIpc) is 3.01. The van der Waals surface area contributed by atoms with Gasteiger partial charge in [-0.1, -0.05) is 0 Å². The van der Waals surface area contributed by atoms with Crippen LogP contribution >= 0.6 is 0 Å². The maximum Gasteiger partial charge on any atom is 0.410 e. The summed E-state index contributed by atoms with van der Waals surface area (Å²) in [5.41, 5.74) is -0.959. The topological polar surface area (TPSA) is 55.8 Å². The lowest BCUT2D eigenvalue weighted by Gasteiger charge is -2.33. The van der Waals surface area contributed by atoms with Gasteiger partial charge in [-0.2, -0.15) is 0 Å². The monoisotopic (exact) mass is 269 g/mol. The number of carbonyl (C=O) groups is 2. The number of ether oxygens (including phenoxy) is 2. The van der Waals surface area contributed by atoms with Gasteiger partial charge in [0.1, 0.15) is 5.60 Å². The third-order valence-corrected chi connectivity index (χ3v) is 3.79. The Kier molecular flexibility index (Phi) is 3.49. The van der Waals surface area contributed by atoms with Crippen molar-refractivity contribution in [2.75, 3.05) is 19.7 Å². The Balaban J connectivity index is 1.99. The van der Waals surface area contributed by atoms with Gasteiger partial charge in [-0.05, 0) is 46.5 Å². The van der Waals surface area contributed by atoms with Crippen LogP contribution < -0.4 is 0 Å². The second kappa shape index (κ2) is 4.69. The fourth-order valence-corrected chi connectivity index (χ4v) is 2.76. The Morgan fingerprint density at radius 1 is 1.37 bits per heavy atom. The first-order valence-corrected chi connectivity index (χ1v) is 6.93. The van der Waals surface area contributed by atoms with Gasteiger partial charge >= 0.3 is 12.1 Å². The predicted molar refractivity (Wildman–Crippen MR) is 69.6 cm³/mol. The molecule has 0 aromatic heterocycles. The van der Waals surface area contributed by atoms with Crippen molar-refractivity contribution in [2.45, 2.75) is 46.1 Å².